The summed E-state index contributed by atoms with van der Waals surface area (Å²) in [4.78, 5) is 10.6. The topological polar surface area (TPSA) is 55.2 Å². The zero-order valence-corrected chi connectivity index (χ0v) is 12.1. The molecule has 0 saturated carbocycles. The lowest BCUT2D eigenvalue weighted by Crippen LogP contribution is -2.04. The number of hydrogen-bond donors (Lipinski definition) is 1. The van der Waals surface area contributed by atoms with Gasteiger partial charge in [0.25, 0.3) is 5.69 Å². The molecule has 0 spiro atoms. The highest BCUT2D eigenvalue weighted by molar-refractivity contribution is 6.30. The number of anilines is 1. The van der Waals surface area contributed by atoms with E-state index in [-0.39, 0.29) is 5.69 Å². The van der Waals surface area contributed by atoms with Crippen LogP contribution in [-0.2, 0) is 6.54 Å². The fourth-order valence-corrected chi connectivity index (χ4v) is 2.23. The second kappa shape index (κ2) is 5.92. The number of nitrogens with one attached hydrogen (secondary N) is 1. The highest BCUT2D eigenvalue weighted by Crippen LogP contribution is 2.25. The van der Waals surface area contributed by atoms with Crippen LogP contribution in [0.4, 0.5) is 11.4 Å². The van der Waals surface area contributed by atoms with Crippen molar-refractivity contribution in [2.75, 3.05) is 5.32 Å². The Morgan fingerprint density at radius 3 is 2.60 bits per heavy atom. The van der Waals surface area contributed by atoms with Gasteiger partial charge >= 0.3 is 0 Å². The molecule has 0 atom stereocenters. The maximum atomic E-state index is 11.0. The van der Waals surface area contributed by atoms with Crippen LogP contribution in [0, 0.1) is 24.0 Å². The molecule has 0 heterocycles. The average molecular weight is 291 g/mol. The van der Waals surface area contributed by atoms with Gasteiger partial charge in [-0.25, -0.2) is 0 Å². The molecular weight excluding hydrogens is 276 g/mol. The van der Waals surface area contributed by atoms with Crippen molar-refractivity contribution in [3.8, 4) is 0 Å². The van der Waals surface area contributed by atoms with Crippen LogP contribution >= 0.6 is 11.6 Å². The monoisotopic (exact) mass is 290 g/mol. The number of nitrogens with zero attached hydrogens (tertiary/aromatic N) is 1. The first-order valence-corrected chi connectivity index (χ1v) is 6.59. The van der Waals surface area contributed by atoms with Crippen molar-refractivity contribution in [3.63, 3.8) is 0 Å². The molecule has 2 aromatic carbocycles. The third-order valence-electron chi connectivity index (χ3n) is 3.10. The first-order valence-electron chi connectivity index (χ1n) is 6.21. The normalized spacial score (nSPS) is 10.3. The van der Waals surface area contributed by atoms with E-state index < -0.39 is 4.92 Å². The number of aryl methyl sites for hydroxylation is 2. The van der Waals surface area contributed by atoms with E-state index in [9.17, 15) is 10.1 Å². The van der Waals surface area contributed by atoms with Gasteiger partial charge in [-0.3, -0.25) is 10.1 Å². The molecule has 0 unspecified atom stereocenters. The molecule has 5 heteroatoms. The van der Waals surface area contributed by atoms with Gasteiger partial charge in [-0.2, -0.15) is 0 Å². The van der Waals surface area contributed by atoms with Crippen LogP contribution in [-0.4, -0.2) is 4.92 Å². The van der Waals surface area contributed by atoms with Gasteiger partial charge in [0.15, 0.2) is 0 Å². The van der Waals surface area contributed by atoms with E-state index in [1.54, 1.807) is 12.1 Å². The Morgan fingerprint density at radius 2 is 1.95 bits per heavy atom. The van der Waals surface area contributed by atoms with Crippen LogP contribution in [0.15, 0.2) is 36.4 Å². The Bertz CT molecular complexity index is 656. The van der Waals surface area contributed by atoms with E-state index in [1.165, 1.54) is 11.6 Å². The molecule has 0 aliphatic rings. The quantitative estimate of drug-likeness (QED) is 0.667. The molecule has 0 amide bonds. The summed E-state index contributed by atoms with van der Waals surface area (Å²) in [7, 11) is 0. The summed E-state index contributed by atoms with van der Waals surface area (Å²) in [5, 5.41) is 14.6. The largest absolute Gasteiger partial charge is 0.380 e. The van der Waals surface area contributed by atoms with E-state index in [1.807, 2.05) is 26.0 Å². The standard InChI is InChI=1S/C15H15ClN2O2/c1-10-3-6-14(11(2)7-10)17-9-12-4-5-13(16)8-15(12)18(19)20/h3-8,17H,9H2,1-2H3. The number of benzene rings is 2. The lowest BCUT2D eigenvalue weighted by molar-refractivity contribution is -0.385. The predicted octanol–water partition coefficient (Wildman–Crippen LogP) is 4.48. The fraction of sp³-hybridized carbons (Fsp3) is 0.200. The first-order chi connectivity index (χ1) is 9.47. The Labute approximate surface area is 122 Å². The zero-order chi connectivity index (χ0) is 14.7. The van der Waals surface area contributed by atoms with Gasteiger partial charge in [-0.1, -0.05) is 29.3 Å². The second-order valence-corrected chi connectivity index (χ2v) is 5.14. The van der Waals surface area contributed by atoms with Crippen molar-refractivity contribution < 1.29 is 4.92 Å². The van der Waals surface area contributed by atoms with Crippen molar-refractivity contribution in [1.29, 1.82) is 0 Å². The molecule has 104 valence electrons. The average Bonchev–Trinajstić information content (AvgIpc) is 2.38. The minimum atomic E-state index is -0.412. The Balaban J connectivity index is 2.20. The second-order valence-electron chi connectivity index (χ2n) is 4.70. The summed E-state index contributed by atoms with van der Waals surface area (Å²) in [6.45, 7) is 4.42. The van der Waals surface area contributed by atoms with E-state index in [2.05, 4.69) is 11.4 Å². The molecule has 1 N–H and O–H groups in total. The number of nitro benzene ring substituents is 1. The molecular formula is C15H15ClN2O2. The Kier molecular flexibility index (Phi) is 4.25. The minimum absolute atomic E-state index is 0.0368. The molecule has 0 aromatic heterocycles. The number of hydrogen-bond acceptors (Lipinski definition) is 3. The lowest BCUT2D eigenvalue weighted by Gasteiger charge is -2.10. The molecule has 0 aliphatic heterocycles. The maximum Gasteiger partial charge on any atom is 0.275 e. The molecule has 0 aliphatic carbocycles. The molecule has 0 saturated heterocycles. The Morgan fingerprint density at radius 1 is 1.20 bits per heavy atom. The van der Waals surface area contributed by atoms with Crippen molar-refractivity contribution in [2.24, 2.45) is 0 Å². The molecule has 0 fully saturated rings. The fourth-order valence-electron chi connectivity index (χ4n) is 2.06. The summed E-state index contributed by atoms with van der Waals surface area (Å²) in [6.07, 6.45) is 0. The molecule has 2 rings (SSSR count). The SMILES string of the molecule is Cc1ccc(NCc2ccc(Cl)cc2[N+](=O)[O-])c(C)c1. The number of rotatable bonds is 4. The molecule has 4 nitrogen and oxygen atoms in total. The summed E-state index contributed by atoms with van der Waals surface area (Å²) in [6, 6.07) is 10.8. The van der Waals surface area contributed by atoms with Crippen LogP contribution in [0.25, 0.3) is 0 Å². The smallest absolute Gasteiger partial charge is 0.275 e. The minimum Gasteiger partial charge on any atom is -0.380 e. The van der Waals surface area contributed by atoms with E-state index >= 15 is 0 Å². The van der Waals surface area contributed by atoms with Crippen molar-refractivity contribution in [3.05, 3.63) is 68.2 Å². The van der Waals surface area contributed by atoms with Gasteiger partial charge in [0.1, 0.15) is 0 Å². The van der Waals surface area contributed by atoms with Gasteiger partial charge in [0, 0.05) is 28.9 Å². The van der Waals surface area contributed by atoms with Crippen LogP contribution in [0.1, 0.15) is 16.7 Å². The molecule has 2 aromatic rings. The zero-order valence-electron chi connectivity index (χ0n) is 11.3. The van der Waals surface area contributed by atoms with Crippen LogP contribution < -0.4 is 5.32 Å². The predicted molar refractivity (Wildman–Crippen MR) is 81.3 cm³/mol. The summed E-state index contributed by atoms with van der Waals surface area (Å²) >= 11 is 5.80. The van der Waals surface area contributed by atoms with Crippen molar-refractivity contribution in [1.82, 2.24) is 0 Å². The highest BCUT2D eigenvalue weighted by Gasteiger charge is 2.14. The van der Waals surface area contributed by atoms with Gasteiger partial charge in [-0.05, 0) is 37.6 Å². The van der Waals surface area contributed by atoms with Gasteiger partial charge in [0.05, 0.1) is 4.92 Å². The van der Waals surface area contributed by atoms with Gasteiger partial charge < -0.3 is 5.32 Å². The summed E-state index contributed by atoms with van der Waals surface area (Å²) < 4.78 is 0. The van der Waals surface area contributed by atoms with Crippen molar-refractivity contribution in [2.45, 2.75) is 20.4 Å². The van der Waals surface area contributed by atoms with Gasteiger partial charge in [-0.15, -0.1) is 0 Å². The van der Waals surface area contributed by atoms with E-state index in [4.69, 9.17) is 11.6 Å². The highest BCUT2D eigenvalue weighted by atomic mass is 35.5. The summed E-state index contributed by atoms with van der Waals surface area (Å²) in [5.74, 6) is 0. The molecule has 0 radical (unpaired) electrons. The van der Waals surface area contributed by atoms with E-state index in [0.717, 1.165) is 11.3 Å². The van der Waals surface area contributed by atoms with Crippen LogP contribution in [0.3, 0.4) is 0 Å². The van der Waals surface area contributed by atoms with Crippen LogP contribution in [0.5, 0.6) is 0 Å². The third kappa shape index (κ3) is 3.27. The Hall–Kier alpha value is -2.07. The molecule has 0 bridgehead atoms. The third-order valence-corrected chi connectivity index (χ3v) is 3.33. The summed E-state index contributed by atoms with van der Waals surface area (Å²) in [5.41, 5.74) is 3.92. The molecule has 20 heavy (non-hydrogen) atoms. The lowest BCUT2D eigenvalue weighted by atomic mass is 10.1. The van der Waals surface area contributed by atoms with Crippen LogP contribution in [0.2, 0.25) is 5.02 Å². The number of nitro groups is 1. The van der Waals surface area contributed by atoms with Crippen molar-refractivity contribution >= 4 is 23.0 Å². The van der Waals surface area contributed by atoms with Gasteiger partial charge in [0.2, 0.25) is 0 Å². The first kappa shape index (κ1) is 14.3. The van der Waals surface area contributed by atoms with E-state index in [0.29, 0.717) is 17.1 Å². The maximum absolute atomic E-state index is 11.0. The number of halogens is 1.